The zero-order valence-electron chi connectivity index (χ0n) is 22.8. The maximum Gasteiger partial charge on any atom is 0.281 e. The number of aryl methyl sites for hydroxylation is 1. The molecule has 0 saturated carbocycles. The summed E-state index contributed by atoms with van der Waals surface area (Å²) in [4.78, 5) is 33.0. The van der Waals surface area contributed by atoms with E-state index in [4.69, 9.17) is 11.6 Å². The number of aliphatic hydroxyl groups is 1. The zero-order chi connectivity index (χ0) is 29.6. The molecule has 222 valence electrons. The third-order valence-corrected chi connectivity index (χ3v) is 9.48. The van der Waals surface area contributed by atoms with E-state index in [1.165, 1.54) is 50.7 Å². The minimum atomic E-state index is -2.81. The lowest BCUT2D eigenvalue weighted by Crippen LogP contribution is -2.50. The molecule has 0 spiro atoms. The van der Waals surface area contributed by atoms with Gasteiger partial charge in [0.05, 0.1) is 29.8 Å². The average molecular weight is 618 g/mol. The number of aromatic nitrogens is 5. The van der Waals surface area contributed by atoms with E-state index in [0.717, 1.165) is 28.0 Å². The van der Waals surface area contributed by atoms with Crippen molar-refractivity contribution in [3.63, 3.8) is 0 Å². The Kier molecular flexibility index (Phi) is 7.85. The second kappa shape index (κ2) is 11.4. The van der Waals surface area contributed by atoms with Gasteiger partial charge in [0, 0.05) is 25.3 Å². The van der Waals surface area contributed by atoms with Gasteiger partial charge < -0.3 is 15.3 Å². The topological polar surface area (TPSA) is 118 Å². The molecule has 14 heteroatoms. The number of halogens is 3. The van der Waals surface area contributed by atoms with Crippen LogP contribution in [0, 0.1) is 0 Å². The largest absolute Gasteiger partial charge is 0.388 e. The van der Waals surface area contributed by atoms with Crippen LogP contribution in [0.4, 0.5) is 8.78 Å². The number of hydrogen-bond acceptors (Lipinski definition) is 8. The molecule has 3 aromatic heterocycles. The van der Waals surface area contributed by atoms with Gasteiger partial charge in [-0.15, -0.1) is 0 Å². The van der Waals surface area contributed by atoms with Crippen LogP contribution in [0.25, 0.3) is 21.5 Å². The lowest BCUT2D eigenvalue weighted by Gasteiger charge is -2.38. The lowest BCUT2D eigenvalue weighted by molar-refractivity contribution is -0.138. The predicted octanol–water partition coefficient (Wildman–Crippen LogP) is 3.83. The Morgan fingerprint density at radius 2 is 2.05 bits per heavy atom. The molecule has 42 heavy (non-hydrogen) atoms. The summed E-state index contributed by atoms with van der Waals surface area (Å²) in [7, 11) is 1.96. The first-order valence-electron chi connectivity index (χ1n) is 13.8. The maximum absolute atomic E-state index is 13.7. The highest BCUT2D eigenvalue weighted by molar-refractivity contribution is 7.11. The Labute approximate surface area is 249 Å². The van der Waals surface area contributed by atoms with Crippen molar-refractivity contribution < 1.29 is 18.7 Å². The fourth-order valence-corrected chi connectivity index (χ4v) is 6.93. The molecule has 2 atom stereocenters. The van der Waals surface area contributed by atoms with Crippen LogP contribution in [0.1, 0.15) is 48.9 Å². The molecule has 10 nitrogen and oxygen atoms in total. The van der Waals surface area contributed by atoms with Crippen LogP contribution in [0.15, 0.2) is 41.6 Å². The van der Waals surface area contributed by atoms with Crippen LogP contribution in [-0.2, 0) is 17.8 Å². The van der Waals surface area contributed by atoms with Crippen LogP contribution in [0.5, 0.6) is 0 Å². The van der Waals surface area contributed by atoms with Gasteiger partial charge in [-0.25, -0.2) is 13.8 Å². The molecule has 2 aliphatic rings. The van der Waals surface area contributed by atoms with E-state index in [2.05, 4.69) is 31.9 Å². The second-order valence-electron chi connectivity index (χ2n) is 11.0. The number of alkyl halides is 2. The van der Waals surface area contributed by atoms with Gasteiger partial charge in [-0.05, 0) is 73.1 Å². The van der Waals surface area contributed by atoms with Gasteiger partial charge in [0.2, 0.25) is 5.91 Å². The Morgan fingerprint density at radius 1 is 1.26 bits per heavy atom. The number of likely N-dealkylation sites (tertiary alicyclic amines) is 1. The standard InChI is InChI=1S/C28H30ClF2N7O3S/c1-32-19-5-3-16-12-17(2-4-18(16)19)25-23-24(35-42-25)27(40)37(15-33-23)14-28(41)7-10-36(11-8-28)22(39)13-20(26(30)31)38-9-6-21(29)34-38/h2,4,6,9,12,15,19-20,26,32,41H,3,5,7-8,10-11,13-14H2,1H3. The molecule has 1 aliphatic carbocycles. The van der Waals surface area contributed by atoms with E-state index in [1.54, 1.807) is 0 Å². The van der Waals surface area contributed by atoms with E-state index >= 15 is 0 Å². The normalized spacial score (nSPS) is 19.0. The summed E-state index contributed by atoms with van der Waals surface area (Å²) in [6, 6.07) is 6.61. The quantitative estimate of drug-likeness (QED) is 0.309. The third-order valence-electron chi connectivity index (χ3n) is 8.39. The van der Waals surface area contributed by atoms with Gasteiger partial charge >= 0.3 is 0 Å². The van der Waals surface area contributed by atoms with Crippen LogP contribution in [0.2, 0.25) is 5.15 Å². The molecule has 1 aliphatic heterocycles. The highest BCUT2D eigenvalue weighted by Gasteiger charge is 2.36. The van der Waals surface area contributed by atoms with Gasteiger partial charge in [-0.2, -0.15) is 9.47 Å². The number of carbonyl (C=O) groups is 1. The summed E-state index contributed by atoms with van der Waals surface area (Å²) in [5.74, 6) is -0.461. The lowest BCUT2D eigenvalue weighted by atomic mass is 9.91. The molecule has 0 bridgehead atoms. The number of nitrogens with zero attached hydrogens (tertiary/aromatic N) is 6. The molecule has 1 saturated heterocycles. The minimum absolute atomic E-state index is 0.0145. The van der Waals surface area contributed by atoms with Crippen molar-refractivity contribution in [3.05, 3.63) is 63.4 Å². The maximum atomic E-state index is 13.7. The second-order valence-corrected chi connectivity index (χ2v) is 12.2. The highest BCUT2D eigenvalue weighted by Crippen LogP contribution is 2.37. The fourth-order valence-electron chi connectivity index (χ4n) is 5.98. The fraction of sp³-hybridized carbons (Fsp3) is 0.464. The first-order valence-corrected chi connectivity index (χ1v) is 14.9. The van der Waals surface area contributed by atoms with Crippen molar-refractivity contribution in [3.8, 4) is 10.4 Å². The van der Waals surface area contributed by atoms with Crippen LogP contribution < -0.4 is 10.9 Å². The van der Waals surface area contributed by atoms with Crippen molar-refractivity contribution in [2.45, 2.75) is 62.8 Å². The Morgan fingerprint density at radius 3 is 2.74 bits per heavy atom. The van der Waals surface area contributed by atoms with E-state index < -0.39 is 30.4 Å². The van der Waals surface area contributed by atoms with Crippen molar-refractivity contribution in [2.24, 2.45) is 0 Å². The van der Waals surface area contributed by atoms with Gasteiger partial charge in [0.1, 0.15) is 11.6 Å². The number of amides is 1. The van der Waals surface area contributed by atoms with Crippen molar-refractivity contribution >= 4 is 40.1 Å². The summed E-state index contributed by atoms with van der Waals surface area (Å²) in [5, 5.41) is 18.5. The number of rotatable bonds is 8. The average Bonchev–Trinajstić information content (AvgIpc) is 3.71. The number of benzene rings is 1. The molecule has 4 heterocycles. The van der Waals surface area contributed by atoms with E-state index in [1.807, 2.05) is 13.1 Å². The van der Waals surface area contributed by atoms with Crippen LogP contribution in [0.3, 0.4) is 0 Å². The predicted molar refractivity (Wildman–Crippen MR) is 155 cm³/mol. The Balaban J connectivity index is 1.13. The number of piperidine rings is 1. The summed E-state index contributed by atoms with van der Waals surface area (Å²) >= 11 is 6.99. The molecule has 0 radical (unpaired) electrons. The smallest absolute Gasteiger partial charge is 0.281 e. The van der Waals surface area contributed by atoms with Crippen molar-refractivity contribution in [1.82, 2.24) is 33.9 Å². The zero-order valence-corrected chi connectivity index (χ0v) is 24.4. The molecular formula is C28H30ClF2N7O3S. The summed E-state index contributed by atoms with van der Waals surface area (Å²) in [6.07, 6.45) is 1.90. The van der Waals surface area contributed by atoms with Gasteiger partial charge in [0.25, 0.3) is 12.0 Å². The first-order chi connectivity index (χ1) is 20.2. The number of fused-ring (bicyclic) bond motifs is 2. The number of hydrogen-bond donors (Lipinski definition) is 2. The summed E-state index contributed by atoms with van der Waals surface area (Å²) in [5.41, 5.74) is 2.72. The highest BCUT2D eigenvalue weighted by atomic mass is 35.5. The molecule has 2 N–H and O–H groups in total. The summed E-state index contributed by atoms with van der Waals surface area (Å²) < 4.78 is 34.1. The SMILES string of the molecule is CNC1CCc2cc(-c3snc4c(=O)n(CC5(O)CCN(C(=O)CC(C(F)F)n6ccc(Cl)n6)CC5)cnc34)ccc21. The Bertz CT molecular complexity index is 1680. The Hall–Kier alpha value is -3.26. The number of carbonyl (C=O) groups excluding carboxylic acids is 1. The minimum Gasteiger partial charge on any atom is -0.388 e. The third kappa shape index (κ3) is 5.46. The van der Waals surface area contributed by atoms with Gasteiger partial charge in [-0.3, -0.25) is 18.8 Å². The van der Waals surface area contributed by atoms with E-state index in [-0.39, 0.29) is 48.7 Å². The molecule has 6 rings (SSSR count). The van der Waals surface area contributed by atoms with Crippen molar-refractivity contribution in [1.29, 1.82) is 0 Å². The summed E-state index contributed by atoms with van der Waals surface area (Å²) in [6.45, 7) is 0.325. The van der Waals surface area contributed by atoms with E-state index in [0.29, 0.717) is 11.6 Å². The molecule has 1 aromatic carbocycles. The molecule has 4 aromatic rings. The van der Waals surface area contributed by atoms with Crippen LogP contribution in [-0.4, -0.2) is 71.8 Å². The monoisotopic (exact) mass is 617 g/mol. The molecule has 2 unspecified atom stereocenters. The van der Waals surface area contributed by atoms with Crippen molar-refractivity contribution in [2.75, 3.05) is 20.1 Å². The molecule has 1 fully saturated rings. The van der Waals surface area contributed by atoms with Crippen LogP contribution >= 0.6 is 23.1 Å². The molecular weight excluding hydrogens is 588 g/mol. The van der Waals surface area contributed by atoms with Gasteiger partial charge in [-0.1, -0.05) is 23.7 Å². The first kappa shape index (κ1) is 28.8. The van der Waals surface area contributed by atoms with Gasteiger partial charge in [0.15, 0.2) is 10.7 Å². The number of nitrogens with one attached hydrogen (secondary N) is 1. The molecule has 1 amide bonds. The van der Waals surface area contributed by atoms with E-state index in [9.17, 15) is 23.5 Å².